The van der Waals surface area contributed by atoms with Crippen LogP contribution in [0.4, 0.5) is 5.69 Å². The van der Waals surface area contributed by atoms with Crippen LogP contribution in [0.2, 0.25) is 5.15 Å². The van der Waals surface area contributed by atoms with Crippen LogP contribution in [-0.2, 0) is 6.54 Å². The van der Waals surface area contributed by atoms with E-state index in [-0.39, 0.29) is 16.4 Å². The van der Waals surface area contributed by atoms with Crippen LogP contribution in [0.5, 0.6) is 0 Å². The molecule has 0 aliphatic carbocycles. The van der Waals surface area contributed by atoms with E-state index in [1.165, 1.54) is 18.3 Å². The molecule has 0 aliphatic heterocycles. The molecule has 1 amide bonds. The molecule has 0 unspecified atom stereocenters. The zero-order valence-electron chi connectivity index (χ0n) is 17.0. The van der Waals surface area contributed by atoms with Crippen molar-refractivity contribution in [1.29, 1.82) is 0 Å². The summed E-state index contributed by atoms with van der Waals surface area (Å²) in [6.07, 6.45) is 3.11. The van der Waals surface area contributed by atoms with E-state index in [9.17, 15) is 14.9 Å². The average Bonchev–Trinajstić information content (AvgIpc) is 3.05. The fraction of sp³-hybridized carbons (Fsp3) is 0.0870. The number of nitrogens with zero attached hydrogens (tertiary/aromatic N) is 4. The van der Waals surface area contributed by atoms with E-state index in [1.54, 1.807) is 30.5 Å². The molecule has 2 heterocycles. The Kier molecular flexibility index (Phi) is 5.96. The van der Waals surface area contributed by atoms with Crippen molar-refractivity contribution < 1.29 is 9.72 Å². The molecule has 0 radical (unpaired) electrons. The van der Waals surface area contributed by atoms with Crippen LogP contribution in [0.1, 0.15) is 27.2 Å². The maximum atomic E-state index is 12.3. The minimum atomic E-state index is -0.452. The van der Waals surface area contributed by atoms with Gasteiger partial charge in [0, 0.05) is 47.0 Å². The van der Waals surface area contributed by atoms with Gasteiger partial charge in [-0.1, -0.05) is 41.9 Å². The third kappa shape index (κ3) is 4.21. The number of rotatable bonds is 6. The zero-order chi connectivity index (χ0) is 22.7. The highest BCUT2D eigenvalue weighted by Crippen LogP contribution is 2.26. The standard InChI is InChI=1S/C23H18ClN5O3/c1-15-20(13-26-27-23(30)19-6-4-12-25-22(19)24)18-5-2-3-7-21(18)28(15)14-16-8-10-17(11-9-16)29(31)32/h2-13H,14H2,1H3,(H,27,30). The lowest BCUT2D eigenvalue weighted by molar-refractivity contribution is -0.384. The van der Waals surface area contributed by atoms with E-state index in [4.69, 9.17) is 11.6 Å². The summed E-state index contributed by atoms with van der Waals surface area (Å²) in [5.41, 5.74) is 6.52. The second kappa shape index (κ2) is 8.99. The summed E-state index contributed by atoms with van der Waals surface area (Å²) in [7, 11) is 0. The highest BCUT2D eigenvalue weighted by Gasteiger charge is 2.14. The number of nitro benzene ring substituents is 1. The van der Waals surface area contributed by atoms with E-state index in [0.717, 1.165) is 27.7 Å². The molecule has 1 N–H and O–H groups in total. The van der Waals surface area contributed by atoms with Crippen LogP contribution >= 0.6 is 11.6 Å². The van der Waals surface area contributed by atoms with Gasteiger partial charge in [0.1, 0.15) is 5.15 Å². The normalized spacial score (nSPS) is 11.2. The highest BCUT2D eigenvalue weighted by atomic mass is 35.5. The number of pyridine rings is 1. The van der Waals surface area contributed by atoms with Crippen LogP contribution in [0.25, 0.3) is 10.9 Å². The number of non-ortho nitro benzene ring substituents is 1. The Morgan fingerprint density at radius 3 is 2.66 bits per heavy atom. The van der Waals surface area contributed by atoms with Gasteiger partial charge in [0.25, 0.3) is 11.6 Å². The van der Waals surface area contributed by atoms with Crippen LogP contribution < -0.4 is 5.43 Å². The van der Waals surface area contributed by atoms with E-state index in [0.29, 0.717) is 6.54 Å². The number of carbonyl (C=O) groups excluding carboxylic acids is 1. The maximum Gasteiger partial charge on any atom is 0.274 e. The fourth-order valence-corrected chi connectivity index (χ4v) is 3.71. The number of nitrogens with one attached hydrogen (secondary N) is 1. The summed E-state index contributed by atoms with van der Waals surface area (Å²) in [6.45, 7) is 2.50. The van der Waals surface area contributed by atoms with Gasteiger partial charge in [-0.25, -0.2) is 10.4 Å². The number of halogens is 1. The first-order valence-electron chi connectivity index (χ1n) is 9.71. The molecule has 9 heteroatoms. The van der Waals surface area contributed by atoms with Gasteiger partial charge in [-0.15, -0.1) is 0 Å². The van der Waals surface area contributed by atoms with Crippen molar-refractivity contribution in [3.8, 4) is 0 Å². The summed E-state index contributed by atoms with van der Waals surface area (Å²) in [5, 5.41) is 16.1. The highest BCUT2D eigenvalue weighted by molar-refractivity contribution is 6.32. The van der Waals surface area contributed by atoms with Gasteiger partial charge >= 0.3 is 0 Å². The van der Waals surface area contributed by atoms with Crippen molar-refractivity contribution in [2.75, 3.05) is 0 Å². The van der Waals surface area contributed by atoms with Crippen molar-refractivity contribution in [2.45, 2.75) is 13.5 Å². The first kappa shape index (κ1) is 21.2. The van der Waals surface area contributed by atoms with E-state index in [1.807, 2.05) is 31.2 Å². The minimum absolute atomic E-state index is 0.0557. The second-order valence-corrected chi connectivity index (χ2v) is 7.42. The molecule has 160 valence electrons. The summed E-state index contributed by atoms with van der Waals surface area (Å²) >= 11 is 5.96. The molecule has 2 aromatic heterocycles. The zero-order valence-corrected chi connectivity index (χ0v) is 17.8. The van der Waals surface area contributed by atoms with Crippen molar-refractivity contribution in [3.05, 3.63) is 105 Å². The number of amides is 1. The third-order valence-corrected chi connectivity index (χ3v) is 5.43. The maximum absolute atomic E-state index is 12.3. The van der Waals surface area contributed by atoms with E-state index in [2.05, 4.69) is 20.1 Å². The SMILES string of the molecule is Cc1c(C=NNC(=O)c2cccnc2Cl)c2ccccc2n1Cc1ccc([N+](=O)[O-])cc1. The van der Waals surface area contributed by atoms with Crippen molar-refractivity contribution in [1.82, 2.24) is 15.0 Å². The topological polar surface area (TPSA) is 102 Å². The quantitative estimate of drug-likeness (QED) is 0.200. The lowest BCUT2D eigenvalue weighted by atomic mass is 10.1. The summed E-state index contributed by atoms with van der Waals surface area (Å²) in [6, 6.07) is 17.5. The summed E-state index contributed by atoms with van der Waals surface area (Å²) in [4.78, 5) is 26.7. The molecule has 32 heavy (non-hydrogen) atoms. The molecule has 0 aliphatic rings. The molecule has 0 bridgehead atoms. The smallest absolute Gasteiger partial charge is 0.274 e. The number of hydrogen-bond acceptors (Lipinski definition) is 5. The lowest BCUT2D eigenvalue weighted by Crippen LogP contribution is -2.18. The van der Waals surface area contributed by atoms with Crippen LogP contribution in [0, 0.1) is 17.0 Å². The van der Waals surface area contributed by atoms with Gasteiger partial charge < -0.3 is 4.57 Å². The number of hydrogen-bond donors (Lipinski definition) is 1. The first-order valence-corrected chi connectivity index (χ1v) is 10.1. The minimum Gasteiger partial charge on any atom is -0.340 e. The number of benzene rings is 2. The third-order valence-electron chi connectivity index (χ3n) is 5.13. The number of hydrazone groups is 1. The molecule has 8 nitrogen and oxygen atoms in total. The molecular formula is C23H18ClN5O3. The number of aromatic nitrogens is 2. The lowest BCUT2D eigenvalue weighted by Gasteiger charge is -2.08. The Labute approximate surface area is 188 Å². The summed E-state index contributed by atoms with van der Waals surface area (Å²) in [5.74, 6) is -0.452. The Bertz CT molecular complexity index is 1350. The van der Waals surface area contributed by atoms with E-state index < -0.39 is 10.8 Å². The van der Waals surface area contributed by atoms with Gasteiger partial charge in [-0.3, -0.25) is 14.9 Å². The van der Waals surface area contributed by atoms with Gasteiger partial charge in [0.05, 0.1) is 16.7 Å². The Balaban J connectivity index is 1.62. The van der Waals surface area contributed by atoms with Crippen LogP contribution in [0.3, 0.4) is 0 Å². The number of carbonyl (C=O) groups is 1. The summed E-state index contributed by atoms with van der Waals surface area (Å²) < 4.78 is 2.11. The predicted octanol–water partition coefficient (Wildman–Crippen LogP) is 4.72. The van der Waals surface area contributed by atoms with Crippen molar-refractivity contribution in [2.24, 2.45) is 5.10 Å². The first-order chi connectivity index (χ1) is 15.5. The van der Waals surface area contributed by atoms with Crippen LogP contribution in [0.15, 0.2) is 72.0 Å². The average molecular weight is 448 g/mol. The van der Waals surface area contributed by atoms with Gasteiger partial charge in [-0.2, -0.15) is 5.10 Å². The van der Waals surface area contributed by atoms with Crippen LogP contribution in [-0.4, -0.2) is 26.6 Å². The van der Waals surface area contributed by atoms with E-state index >= 15 is 0 Å². The molecular weight excluding hydrogens is 430 g/mol. The number of para-hydroxylation sites is 1. The second-order valence-electron chi connectivity index (χ2n) is 7.07. The Morgan fingerprint density at radius 2 is 1.94 bits per heavy atom. The molecule has 4 rings (SSSR count). The number of nitro groups is 1. The molecule has 0 saturated heterocycles. The van der Waals surface area contributed by atoms with Crippen molar-refractivity contribution >= 4 is 40.3 Å². The van der Waals surface area contributed by atoms with Gasteiger partial charge in [0.15, 0.2) is 0 Å². The van der Waals surface area contributed by atoms with Crippen molar-refractivity contribution in [3.63, 3.8) is 0 Å². The fourth-order valence-electron chi connectivity index (χ4n) is 3.50. The molecule has 0 spiro atoms. The predicted molar refractivity (Wildman–Crippen MR) is 123 cm³/mol. The monoisotopic (exact) mass is 447 g/mol. The molecule has 0 saturated carbocycles. The molecule has 0 atom stereocenters. The Morgan fingerprint density at radius 1 is 1.19 bits per heavy atom. The Hall–Kier alpha value is -4.04. The molecule has 4 aromatic rings. The number of fused-ring (bicyclic) bond motifs is 1. The molecule has 2 aromatic carbocycles. The largest absolute Gasteiger partial charge is 0.340 e. The molecule has 0 fully saturated rings. The van der Waals surface area contributed by atoms with Gasteiger partial charge in [0.2, 0.25) is 0 Å². The van der Waals surface area contributed by atoms with Gasteiger partial charge in [-0.05, 0) is 30.7 Å².